The standard InChI is InChI=1S/C13H17NO2/c1-16-12-5-2-4-11(10-12)13(6-7-13)14-8-3-9-15/h2,4-5,9-10,14H,3,6-8H2,1H3. The molecule has 86 valence electrons. The highest BCUT2D eigenvalue weighted by Gasteiger charge is 2.43. The van der Waals surface area contributed by atoms with Crippen LogP contribution in [0.4, 0.5) is 0 Å². The van der Waals surface area contributed by atoms with Crippen LogP contribution in [-0.4, -0.2) is 19.9 Å². The number of benzene rings is 1. The molecule has 0 heterocycles. The summed E-state index contributed by atoms with van der Waals surface area (Å²) in [6.07, 6.45) is 3.80. The molecule has 0 spiro atoms. The van der Waals surface area contributed by atoms with E-state index in [0.717, 1.165) is 31.4 Å². The molecule has 1 N–H and O–H groups in total. The summed E-state index contributed by atoms with van der Waals surface area (Å²) in [5.74, 6) is 0.890. The topological polar surface area (TPSA) is 38.3 Å². The molecule has 1 aromatic rings. The lowest BCUT2D eigenvalue weighted by molar-refractivity contribution is -0.107. The Hall–Kier alpha value is -1.35. The fourth-order valence-electron chi connectivity index (χ4n) is 1.98. The van der Waals surface area contributed by atoms with Crippen molar-refractivity contribution in [2.45, 2.75) is 24.8 Å². The summed E-state index contributed by atoms with van der Waals surface area (Å²) in [6.45, 7) is 0.751. The monoisotopic (exact) mass is 219 g/mol. The summed E-state index contributed by atoms with van der Waals surface area (Å²) < 4.78 is 5.22. The molecule has 1 aliphatic rings. The maximum absolute atomic E-state index is 10.3. The largest absolute Gasteiger partial charge is 0.497 e. The lowest BCUT2D eigenvalue weighted by atomic mass is 10.0. The van der Waals surface area contributed by atoms with Gasteiger partial charge in [0.15, 0.2) is 0 Å². The molecule has 0 radical (unpaired) electrons. The Bertz CT molecular complexity index is 372. The van der Waals surface area contributed by atoms with Crippen LogP contribution in [0.2, 0.25) is 0 Å². The van der Waals surface area contributed by atoms with Gasteiger partial charge in [-0.3, -0.25) is 0 Å². The molecule has 1 fully saturated rings. The number of methoxy groups -OCH3 is 1. The van der Waals surface area contributed by atoms with Crippen LogP contribution < -0.4 is 10.1 Å². The van der Waals surface area contributed by atoms with Gasteiger partial charge in [0, 0.05) is 18.5 Å². The third kappa shape index (κ3) is 2.25. The van der Waals surface area contributed by atoms with Gasteiger partial charge in [0.25, 0.3) is 0 Å². The van der Waals surface area contributed by atoms with Gasteiger partial charge in [-0.05, 0) is 30.5 Å². The molecule has 1 aliphatic carbocycles. The third-order valence-corrected chi connectivity index (χ3v) is 3.10. The minimum Gasteiger partial charge on any atom is -0.497 e. The molecule has 2 rings (SSSR count). The van der Waals surface area contributed by atoms with Crippen molar-refractivity contribution in [3.63, 3.8) is 0 Å². The fraction of sp³-hybridized carbons (Fsp3) is 0.462. The van der Waals surface area contributed by atoms with Gasteiger partial charge in [0.05, 0.1) is 7.11 Å². The lowest BCUT2D eigenvalue weighted by Crippen LogP contribution is -2.29. The summed E-state index contributed by atoms with van der Waals surface area (Å²) in [5.41, 5.74) is 1.36. The van der Waals surface area contributed by atoms with Crippen LogP contribution in [0.1, 0.15) is 24.8 Å². The molecule has 0 bridgehead atoms. The van der Waals surface area contributed by atoms with Crippen molar-refractivity contribution in [1.29, 1.82) is 0 Å². The van der Waals surface area contributed by atoms with Crippen molar-refractivity contribution in [3.8, 4) is 5.75 Å². The summed E-state index contributed by atoms with van der Waals surface area (Å²) in [7, 11) is 1.68. The first-order valence-electron chi connectivity index (χ1n) is 5.64. The second-order valence-corrected chi connectivity index (χ2v) is 4.20. The maximum Gasteiger partial charge on any atom is 0.121 e. The molecule has 3 nitrogen and oxygen atoms in total. The van der Waals surface area contributed by atoms with E-state index in [9.17, 15) is 4.79 Å². The van der Waals surface area contributed by atoms with Crippen molar-refractivity contribution in [1.82, 2.24) is 5.32 Å². The van der Waals surface area contributed by atoms with E-state index in [1.54, 1.807) is 7.11 Å². The quantitative estimate of drug-likeness (QED) is 0.586. The lowest BCUT2D eigenvalue weighted by Gasteiger charge is -2.17. The summed E-state index contributed by atoms with van der Waals surface area (Å²) >= 11 is 0. The average molecular weight is 219 g/mol. The molecule has 3 heteroatoms. The SMILES string of the molecule is COc1cccc(C2(NCCC=O)CC2)c1. The van der Waals surface area contributed by atoms with Crippen LogP contribution in [0.15, 0.2) is 24.3 Å². The van der Waals surface area contributed by atoms with E-state index in [1.807, 2.05) is 12.1 Å². The Balaban J connectivity index is 2.07. The van der Waals surface area contributed by atoms with Crippen LogP contribution in [0.5, 0.6) is 5.75 Å². The van der Waals surface area contributed by atoms with E-state index in [2.05, 4.69) is 17.4 Å². The minimum atomic E-state index is 0.0948. The van der Waals surface area contributed by atoms with Gasteiger partial charge in [-0.2, -0.15) is 0 Å². The molecular weight excluding hydrogens is 202 g/mol. The Morgan fingerprint density at radius 3 is 2.94 bits per heavy atom. The predicted octanol–water partition coefficient (Wildman–Crippen LogP) is 1.86. The van der Waals surface area contributed by atoms with Gasteiger partial charge >= 0.3 is 0 Å². The maximum atomic E-state index is 10.3. The van der Waals surface area contributed by atoms with Crippen molar-refractivity contribution in [2.75, 3.05) is 13.7 Å². The predicted molar refractivity (Wildman–Crippen MR) is 62.6 cm³/mol. The third-order valence-electron chi connectivity index (χ3n) is 3.10. The molecule has 0 aromatic heterocycles. The number of hydrogen-bond donors (Lipinski definition) is 1. The Morgan fingerprint density at radius 2 is 2.31 bits per heavy atom. The number of carbonyl (C=O) groups is 1. The first-order valence-corrected chi connectivity index (χ1v) is 5.64. The van der Waals surface area contributed by atoms with Crippen LogP contribution in [0.3, 0.4) is 0 Å². The van der Waals surface area contributed by atoms with Crippen molar-refractivity contribution in [3.05, 3.63) is 29.8 Å². The van der Waals surface area contributed by atoms with E-state index >= 15 is 0 Å². The fourth-order valence-corrected chi connectivity index (χ4v) is 1.98. The van der Waals surface area contributed by atoms with E-state index in [1.165, 1.54) is 5.56 Å². The minimum absolute atomic E-state index is 0.0948. The Kier molecular flexibility index (Phi) is 3.25. The van der Waals surface area contributed by atoms with Crippen LogP contribution >= 0.6 is 0 Å². The molecule has 0 amide bonds. The van der Waals surface area contributed by atoms with E-state index in [-0.39, 0.29) is 5.54 Å². The first kappa shape index (κ1) is 11.1. The van der Waals surface area contributed by atoms with Crippen LogP contribution in [0, 0.1) is 0 Å². The van der Waals surface area contributed by atoms with Crippen molar-refractivity contribution in [2.24, 2.45) is 0 Å². The summed E-state index contributed by atoms with van der Waals surface area (Å²) in [4.78, 5) is 10.3. The van der Waals surface area contributed by atoms with Gasteiger partial charge in [0.1, 0.15) is 12.0 Å². The van der Waals surface area contributed by atoms with E-state index in [4.69, 9.17) is 4.74 Å². The van der Waals surface area contributed by atoms with Crippen molar-refractivity contribution < 1.29 is 9.53 Å². The first-order chi connectivity index (χ1) is 7.80. The smallest absolute Gasteiger partial charge is 0.121 e. The molecule has 0 aliphatic heterocycles. The van der Waals surface area contributed by atoms with E-state index < -0.39 is 0 Å². The molecule has 0 unspecified atom stereocenters. The second-order valence-electron chi connectivity index (χ2n) is 4.20. The van der Waals surface area contributed by atoms with Gasteiger partial charge < -0.3 is 14.8 Å². The molecule has 0 saturated heterocycles. The highest BCUT2D eigenvalue weighted by Crippen LogP contribution is 2.46. The number of nitrogens with one attached hydrogen (secondary N) is 1. The summed E-state index contributed by atoms with van der Waals surface area (Å²) in [6, 6.07) is 8.14. The number of ether oxygens (including phenoxy) is 1. The second kappa shape index (κ2) is 4.66. The highest BCUT2D eigenvalue weighted by atomic mass is 16.5. The number of hydrogen-bond acceptors (Lipinski definition) is 3. The zero-order valence-electron chi connectivity index (χ0n) is 9.53. The van der Waals surface area contributed by atoms with Gasteiger partial charge in [0.2, 0.25) is 0 Å². The van der Waals surface area contributed by atoms with E-state index in [0.29, 0.717) is 6.42 Å². The van der Waals surface area contributed by atoms with Gasteiger partial charge in [-0.25, -0.2) is 0 Å². The zero-order chi connectivity index (χ0) is 11.4. The summed E-state index contributed by atoms with van der Waals surface area (Å²) in [5, 5.41) is 3.45. The highest BCUT2D eigenvalue weighted by molar-refractivity contribution is 5.49. The molecule has 0 atom stereocenters. The van der Waals surface area contributed by atoms with Gasteiger partial charge in [-0.15, -0.1) is 0 Å². The molecule has 1 saturated carbocycles. The molecule has 16 heavy (non-hydrogen) atoms. The zero-order valence-corrected chi connectivity index (χ0v) is 9.53. The normalized spacial score (nSPS) is 16.8. The number of aldehydes is 1. The number of carbonyl (C=O) groups excluding carboxylic acids is 1. The van der Waals surface area contributed by atoms with Crippen LogP contribution in [-0.2, 0) is 10.3 Å². The number of rotatable bonds is 6. The Labute approximate surface area is 95.8 Å². The van der Waals surface area contributed by atoms with Gasteiger partial charge in [-0.1, -0.05) is 12.1 Å². The molecule has 1 aromatic carbocycles. The average Bonchev–Trinajstić information content (AvgIpc) is 3.11. The Morgan fingerprint density at radius 1 is 1.50 bits per heavy atom. The van der Waals surface area contributed by atoms with Crippen LogP contribution in [0.25, 0.3) is 0 Å². The molecular formula is C13H17NO2. The van der Waals surface area contributed by atoms with Crippen molar-refractivity contribution >= 4 is 6.29 Å².